The van der Waals surface area contributed by atoms with Crippen molar-refractivity contribution in [2.75, 3.05) is 0 Å². The highest BCUT2D eigenvalue weighted by Gasteiger charge is 2.27. The van der Waals surface area contributed by atoms with Gasteiger partial charge in [0.15, 0.2) is 0 Å². The molecule has 0 bridgehead atoms. The molecule has 18 heavy (non-hydrogen) atoms. The average Bonchev–Trinajstić information content (AvgIpc) is 2.59. The summed E-state index contributed by atoms with van der Waals surface area (Å²) in [7, 11) is 3.64. The van der Waals surface area contributed by atoms with Crippen LogP contribution in [0.4, 0.5) is 0 Å². The smallest absolute Gasteiger partial charge is 0.201 e. The highest BCUT2D eigenvalue weighted by molar-refractivity contribution is 8.77. The highest BCUT2D eigenvalue weighted by Crippen LogP contribution is 2.45. The molecule has 0 N–H and O–H groups in total. The topological polar surface area (TPSA) is 30.7 Å². The largest absolute Gasteiger partial charge is 0.308 e. The molecule has 0 saturated carbocycles. The van der Waals surface area contributed by atoms with E-state index in [4.69, 9.17) is 0 Å². The molecule has 1 heterocycles. The Kier molecular flexibility index (Phi) is 5.59. The molecule has 0 amide bonds. The summed E-state index contributed by atoms with van der Waals surface area (Å²) in [6, 6.07) is 0. The number of aromatic nitrogens is 3. The highest BCUT2D eigenvalue weighted by atomic mass is 33.1. The molecule has 0 atom stereocenters. The van der Waals surface area contributed by atoms with E-state index in [9.17, 15) is 0 Å². The molecule has 0 unspecified atom stereocenters. The van der Waals surface area contributed by atoms with Crippen molar-refractivity contribution in [3.63, 3.8) is 0 Å². The first-order chi connectivity index (χ1) is 8.23. The zero-order valence-electron chi connectivity index (χ0n) is 12.4. The van der Waals surface area contributed by atoms with E-state index in [2.05, 4.69) is 56.3 Å². The van der Waals surface area contributed by atoms with Crippen molar-refractivity contribution in [2.24, 2.45) is 5.41 Å². The second kappa shape index (κ2) is 6.33. The molecule has 3 nitrogen and oxygen atoms in total. The SMILES string of the molecule is CCCn1cnnc1SSC(C)(C)CC(C)(C)C. The van der Waals surface area contributed by atoms with Crippen molar-refractivity contribution in [1.29, 1.82) is 0 Å². The van der Waals surface area contributed by atoms with E-state index in [1.165, 1.54) is 6.42 Å². The van der Waals surface area contributed by atoms with Crippen molar-refractivity contribution < 1.29 is 0 Å². The molecule has 0 aromatic carbocycles. The van der Waals surface area contributed by atoms with Crippen molar-refractivity contribution in [1.82, 2.24) is 14.8 Å². The van der Waals surface area contributed by atoms with E-state index in [1.807, 2.05) is 17.1 Å². The van der Waals surface area contributed by atoms with E-state index < -0.39 is 0 Å². The summed E-state index contributed by atoms with van der Waals surface area (Å²) < 4.78 is 2.37. The molecule has 1 rings (SSSR count). The Morgan fingerprint density at radius 2 is 1.89 bits per heavy atom. The standard InChI is InChI=1S/C13H25N3S2/c1-7-8-16-10-14-15-11(16)17-18-13(5,6)9-12(2,3)4/h10H,7-9H2,1-6H3. The van der Waals surface area contributed by atoms with Crippen molar-refractivity contribution in [2.45, 2.75) is 70.8 Å². The van der Waals surface area contributed by atoms with Gasteiger partial charge in [0.05, 0.1) is 0 Å². The minimum atomic E-state index is 0.242. The third kappa shape index (κ3) is 5.65. The Morgan fingerprint density at radius 3 is 2.44 bits per heavy atom. The summed E-state index contributed by atoms with van der Waals surface area (Å²) in [6.07, 6.45) is 4.12. The first-order valence-corrected chi connectivity index (χ1v) is 8.62. The van der Waals surface area contributed by atoms with Gasteiger partial charge in [-0.25, -0.2) is 0 Å². The molecule has 0 aliphatic heterocycles. The van der Waals surface area contributed by atoms with Gasteiger partial charge in [0.1, 0.15) is 6.33 Å². The van der Waals surface area contributed by atoms with Crippen LogP contribution in [0.5, 0.6) is 0 Å². The van der Waals surface area contributed by atoms with Gasteiger partial charge in [-0.1, -0.05) is 38.5 Å². The normalized spacial score (nSPS) is 13.0. The summed E-state index contributed by atoms with van der Waals surface area (Å²) in [4.78, 5) is 0. The number of aryl methyl sites for hydroxylation is 1. The van der Waals surface area contributed by atoms with Crippen LogP contribution in [0.25, 0.3) is 0 Å². The molecule has 0 aliphatic rings. The van der Waals surface area contributed by atoms with E-state index in [0.29, 0.717) is 5.41 Å². The molecule has 0 radical (unpaired) electrons. The number of hydrogen-bond donors (Lipinski definition) is 0. The second-order valence-electron chi connectivity index (χ2n) is 6.47. The fourth-order valence-electron chi connectivity index (χ4n) is 2.16. The monoisotopic (exact) mass is 287 g/mol. The van der Waals surface area contributed by atoms with E-state index >= 15 is 0 Å². The van der Waals surface area contributed by atoms with Crippen LogP contribution in [0.2, 0.25) is 0 Å². The minimum Gasteiger partial charge on any atom is -0.308 e. The van der Waals surface area contributed by atoms with Crippen LogP contribution < -0.4 is 0 Å². The van der Waals surface area contributed by atoms with Gasteiger partial charge in [0, 0.05) is 11.3 Å². The van der Waals surface area contributed by atoms with Gasteiger partial charge in [-0.15, -0.1) is 10.2 Å². The molecule has 0 aliphatic carbocycles. The second-order valence-corrected chi connectivity index (χ2v) is 9.27. The molecule has 1 aromatic rings. The Hall–Kier alpha value is -0.160. The van der Waals surface area contributed by atoms with Gasteiger partial charge >= 0.3 is 0 Å². The lowest BCUT2D eigenvalue weighted by molar-refractivity contribution is 0.340. The maximum Gasteiger partial charge on any atom is 0.201 e. The molecule has 1 aromatic heterocycles. The van der Waals surface area contributed by atoms with E-state index in [-0.39, 0.29) is 4.75 Å². The lowest BCUT2D eigenvalue weighted by Gasteiger charge is -2.31. The molecular weight excluding hydrogens is 262 g/mol. The molecule has 5 heteroatoms. The first-order valence-electron chi connectivity index (χ1n) is 6.47. The van der Waals surface area contributed by atoms with Crippen molar-refractivity contribution >= 4 is 21.6 Å². The van der Waals surface area contributed by atoms with E-state index in [1.54, 1.807) is 10.8 Å². The van der Waals surface area contributed by atoms with Gasteiger partial charge < -0.3 is 4.57 Å². The molecule has 0 fully saturated rings. The average molecular weight is 287 g/mol. The van der Waals surface area contributed by atoms with Gasteiger partial charge in [-0.3, -0.25) is 0 Å². The lowest BCUT2D eigenvalue weighted by atomic mass is 9.86. The van der Waals surface area contributed by atoms with Gasteiger partial charge in [0.2, 0.25) is 5.16 Å². The third-order valence-corrected chi connectivity index (χ3v) is 5.54. The third-order valence-electron chi connectivity index (χ3n) is 2.34. The van der Waals surface area contributed by atoms with Crippen LogP contribution in [-0.4, -0.2) is 19.5 Å². The summed E-state index contributed by atoms with van der Waals surface area (Å²) in [6.45, 7) is 14.6. The molecule has 0 spiro atoms. The fourth-order valence-corrected chi connectivity index (χ4v) is 4.73. The number of nitrogens with zero attached hydrogens (tertiary/aromatic N) is 3. The van der Waals surface area contributed by atoms with Gasteiger partial charge in [-0.05, 0) is 42.9 Å². The van der Waals surface area contributed by atoms with Crippen LogP contribution in [0.15, 0.2) is 11.5 Å². The van der Waals surface area contributed by atoms with Crippen molar-refractivity contribution in [3.8, 4) is 0 Å². The molecule has 0 saturated heterocycles. The minimum absolute atomic E-state index is 0.242. The number of rotatable bonds is 6. The van der Waals surface area contributed by atoms with E-state index in [0.717, 1.165) is 18.1 Å². The van der Waals surface area contributed by atoms with Gasteiger partial charge in [0.25, 0.3) is 0 Å². The summed E-state index contributed by atoms with van der Waals surface area (Å²) >= 11 is 0. The molecule has 104 valence electrons. The number of hydrogen-bond acceptors (Lipinski definition) is 4. The summed E-state index contributed by atoms with van der Waals surface area (Å²) in [5.74, 6) is 0. The maximum atomic E-state index is 4.19. The predicted octanol–water partition coefficient (Wildman–Crippen LogP) is 4.64. The van der Waals surface area contributed by atoms with Crippen LogP contribution in [0, 0.1) is 5.41 Å². The Labute approximate surface area is 119 Å². The Balaban J connectivity index is 2.56. The zero-order valence-corrected chi connectivity index (χ0v) is 14.0. The van der Waals surface area contributed by atoms with Crippen LogP contribution in [-0.2, 0) is 6.54 Å². The van der Waals surface area contributed by atoms with Gasteiger partial charge in [-0.2, -0.15) is 0 Å². The lowest BCUT2D eigenvalue weighted by Crippen LogP contribution is -2.22. The predicted molar refractivity (Wildman–Crippen MR) is 81.9 cm³/mol. The zero-order chi connectivity index (χ0) is 13.8. The summed E-state index contributed by atoms with van der Waals surface area (Å²) in [5, 5.41) is 9.20. The summed E-state index contributed by atoms with van der Waals surface area (Å²) in [5.41, 5.74) is 0.355. The van der Waals surface area contributed by atoms with Crippen LogP contribution >= 0.6 is 21.6 Å². The van der Waals surface area contributed by atoms with Crippen molar-refractivity contribution in [3.05, 3.63) is 6.33 Å². The maximum absolute atomic E-state index is 4.19. The Bertz CT molecular complexity index is 367. The molecular formula is C13H25N3S2. The first kappa shape index (κ1) is 15.9. The quantitative estimate of drug-likeness (QED) is 0.713. The fraction of sp³-hybridized carbons (Fsp3) is 0.846. The van der Waals surface area contributed by atoms with Crippen LogP contribution in [0.1, 0.15) is 54.4 Å². The Morgan fingerprint density at radius 1 is 1.22 bits per heavy atom. The van der Waals surface area contributed by atoms with Crippen LogP contribution in [0.3, 0.4) is 0 Å².